The normalized spacial score (nSPS) is 19.8. The summed E-state index contributed by atoms with van der Waals surface area (Å²) in [4.78, 5) is 2.36. The van der Waals surface area contributed by atoms with E-state index in [-0.39, 0.29) is 10.8 Å². The Bertz CT molecular complexity index is 1320. The molecule has 166 valence electrons. The van der Waals surface area contributed by atoms with Crippen molar-refractivity contribution in [2.24, 2.45) is 0 Å². The molecule has 33 heavy (non-hydrogen) atoms. The Hall–Kier alpha value is -3.39. The number of hydrogen-bond acceptors (Lipinski definition) is 1. The van der Waals surface area contributed by atoms with Crippen molar-refractivity contribution in [2.75, 3.05) is 19.0 Å². The van der Waals surface area contributed by atoms with Crippen molar-refractivity contribution in [3.05, 3.63) is 113 Å². The molecule has 0 amide bonds. The van der Waals surface area contributed by atoms with Crippen LogP contribution in [0, 0.1) is 0 Å². The molecule has 3 aromatic carbocycles. The first kappa shape index (κ1) is 21.5. The van der Waals surface area contributed by atoms with Crippen molar-refractivity contribution < 1.29 is 4.58 Å². The summed E-state index contributed by atoms with van der Waals surface area (Å²) in [6.45, 7) is 9.33. The fraction of sp³-hybridized carbons (Fsp3) is 0.258. The zero-order chi connectivity index (χ0) is 23.4. The summed E-state index contributed by atoms with van der Waals surface area (Å²) in [5.41, 5.74) is 10.3. The van der Waals surface area contributed by atoms with E-state index in [4.69, 9.17) is 0 Å². The molecule has 3 aromatic rings. The summed E-state index contributed by atoms with van der Waals surface area (Å²) >= 11 is 0. The minimum Gasteiger partial charge on any atom is -0.347 e. The van der Waals surface area contributed by atoms with Crippen LogP contribution in [0.1, 0.15) is 44.4 Å². The van der Waals surface area contributed by atoms with E-state index in [1.165, 1.54) is 45.0 Å². The Balaban J connectivity index is 1.71. The van der Waals surface area contributed by atoms with Crippen LogP contribution in [0.25, 0.3) is 5.57 Å². The molecule has 0 unspecified atom stereocenters. The van der Waals surface area contributed by atoms with E-state index in [1.54, 1.807) is 0 Å². The lowest BCUT2D eigenvalue weighted by Crippen LogP contribution is -2.27. The molecule has 2 heterocycles. The van der Waals surface area contributed by atoms with Gasteiger partial charge in [0.2, 0.25) is 5.69 Å². The first-order valence-electron chi connectivity index (χ1n) is 11.8. The molecule has 0 aliphatic carbocycles. The third kappa shape index (κ3) is 3.28. The predicted molar refractivity (Wildman–Crippen MR) is 141 cm³/mol. The van der Waals surface area contributed by atoms with Gasteiger partial charge in [-0.05, 0) is 42.7 Å². The lowest BCUT2D eigenvalue weighted by Gasteiger charge is -2.25. The van der Waals surface area contributed by atoms with Crippen molar-refractivity contribution in [2.45, 2.75) is 38.5 Å². The van der Waals surface area contributed by atoms with Gasteiger partial charge in [0.15, 0.2) is 5.71 Å². The van der Waals surface area contributed by atoms with Gasteiger partial charge in [-0.25, -0.2) is 0 Å². The van der Waals surface area contributed by atoms with E-state index < -0.39 is 0 Å². The third-order valence-electron chi connectivity index (χ3n) is 7.57. The lowest BCUT2D eigenvalue weighted by molar-refractivity contribution is -0.401. The molecule has 5 rings (SSSR count). The molecule has 2 heteroatoms. The number of anilines is 1. The monoisotopic (exact) mass is 433 g/mol. The van der Waals surface area contributed by atoms with Crippen molar-refractivity contribution >= 4 is 22.7 Å². The lowest BCUT2D eigenvalue weighted by atomic mass is 9.80. The average molecular weight is 434 g/mol. The fourth-order valence-corrected chi connectivity index (χ4v) is 5.65. The van der Waals surface area contributed by atoms with Crippen LogP contribution in [0.4, 0.5) is 11.4 Å². The molecular weight excluding hydrogens is 400 g/mol. The van der Waals surface area contributed by atoms with Gasteiger partial charge >= 0.3 is 0 Å². The van der Waals surface area contributed by atoms with E-state index in [0.717, 1.165) is 0 Å². The Labute approximate surface area is 198 Å². The number of para-hydroxylation sites is 2. The SMILES string of the molecule is CN1C(=CC(=CC2=[N+](C)c3ccccc3C2(C)C)c2ccccc2)C(C)(C)c2ccccc21. The number of fused-ring (bicyclic) bond motifs is 2. The van der Waals surface area contributed by atoms with Gasteiger partial charge in [0.1, 0.15) is 7.05 Å². The van der Waals surface area contributed by atoms with Gasteiger partial charge < -0.3 is 4.90 Å². The predicted octanol–water partition coefficient (Wildman–Crippen LogP) is 7.09. The summed E-state index contributed by atoms with van der Waals surface area (Å²) in [6, 6.07) is 28.3. The van der Waals surface area contributed by atoms with Gasteiger partial charge in [-0.15, -0.1) is 0 Å². The number of likely N-dealkylation sites (N-methyl/N-ethyl adjacent to an activating group) is 1. The molecule has 2 aliphatic rings. The summed E-state index contributed by atoms with van der Waals surface area (Å²) < 4.78 is 2.36. The van der Waals surface area contributed by atoms with Crippen molar-refractivity contribution in [3.8, 4) is 0 Å². The number of hydrogen-bond donors (Lipinski definition) is 0. The van der Waals surface area contributed by atoms with Crippen LogP contribution in [-0.2, 0) is 10.8 Å². The first-order chi connectivity index (χ1) is 15.7. The zero-order valence-electron chi connectivity index (χ0n) is 20.6. The molecule has 0 aromatic heterocycles. The minimum absolute atomic E-state index is 0.0655. The first-order valence-corrected chi connectivity index (χ1v) is 11.8. The summed E-state index contributed by atoms with van der Waals surface area (Å²) in [5, 5.41) is 0. The molecule has 0 N–H and O–H groups in total. The number of benzene rings is 3. The van der Waals surface area contributed by atoms with Crippen molar-refractivity contribution in [1.29, 1.82) is 0 Å². The van der Waals surface area contributed by atoms with E-state index in [9.17, 15) is 0 Å². The van der Waals surface area contributed by atoms with E-state index in [0.29, 0.717) is 0 Å². The summed E-state index contributed by atoms with van der Waals surface area (Å²) in [7, 11) is 4.38. The fourth-order valence-electron chi connectivity index (χ4n) is 5.65. The van der Waals surface area contributed by atoms with E-state index in [2.05, 4.69) is 142 Å². The number of allylic oxidation sites excluding steroid dienone is 4. The second-order valence-corrected chi connectivity index (χ2v) is 10.3. The second kappa shape index (κ2) is 7.59. The third-order valence-corrected chi connectivity index (χ3v) is 7.57. The van der Waals surface area contributed by atoms with Crippen LogP contribution >= 0.6 is 0 Å². The second-order valence-electron chi connectivity index (χ2n) is 10.3. The molecule has 2 aliphatic heterocycles. The number of rotatable bonds is 3. The highest BCUT2D eigenvalue weighted by molar-refractivity contribution is 6.08. The van der Waals surface area contributed by atoms with Gasteiger partial charge in [-0.2, -0.15) is 4.58 Å². The highest BCUT2D eigenvalue weighted by Gasteiger charge is 2.43. The van der Waals surface area contributed by atoms with Gasteiger partial charge in [0, 0.05) is 41.6 Å². The Morgan fingerprint density at radius 1 is 0.758 bits per heavy atom. The highest BCUT2D eigenvalue weighted by Crippen LogP contribution is 2.47. The van der Waals surface area contributed by atoms with E-state index in [1.807, 2.05) is 0 Å². The smallest absolute Gasteiger partial charge is 0.209 e. The zero-order valence-corrected chi connectivity index (χ0v) is 20.6. The maximum atomic E-state index is 2.40. The molecule has 0 radical (unpaired) electrons. The topological polar surface area (TPSA) is 6.25 Å². The molecular formula is C31H33N2+. The maximum absolute atomic E-state index is 2.40. The molecule has 0 saturated heterocycles. The van der Waals surface area contributed by atoms with Gasteiger partial charge in [-0.3, -0.25) is 0 Å². The van der Waals surface area contributed by atoms with Crippen LogP contribution in [0.3, 0.4) is 0 Å². The van der Waals surface area contributed by atoms with Crippen LogP contribution in [0.5, 0.6) is 0 Å². The molecule has 0 spiro atoms. The van der Waals surface area contributed by atoms with Crippen LogP contribution in [-0.4, -0.2) is 24.4 Å². The van der Waals surface area contributed by atoms with E-state index >= 15 is 0 Å². The molecule has 0 fully saturated rings. The van der Waals surface area contributed by atoms with Gasteiger partial charge in [-0.1, -0.05) is 80.6 Å². The van der Waals surface area contributed by atoms with Crippen LogP contribution < -0.4 is 4.90 Å². The van der Waals surface area contributed by atoms with Crippen molar-refractivity contribution in [1.82, 2.24) is 0 Å². The Morgan fingerprint density at radius 3 is 2.03 bits per heavy atom. The summed E-state index contributed by atoms with van der Waals surface area (Å²) in [6.07, 6.45) is 4.80. The minimum atomic E-state index is -0.0655. The van der Waals surface area contributed by atoms with Gasteiger partial charge in [0.25, 0.3) is 0 Å². The Morgan fingerprint density at radius 2 is 1.36 bits per heavy atom. The standard InChI is InChI=1S/C31H33N2/c1-30(2)24-16-10-12-18-26(24)32(5)28(30)20-23(22-14-8-7-9-15-22)21-29-31(3,4)25-17-11-13-19-27(25)33(29)6/h7-21H,1-6H3/q+1. The average Bonchev–Trinajstić information content (AvgIpc) is 3.13. The molecule has 0 bridgehead atoms. The van der Waals surface area contributed by atoms with Crippen LogP contribution in [0.15, 0.2) is 96.7 Å². The largest absolute Gasteiger partial charge is 0.347 e. The molecule has 0 atom stereocenters. The van der Waals surface area contributed by atoms with Crippen molar-refractivity contribution in [3.63, 3.8) is 0 Å². The highest BCUT2D eigenvalue weighted by atomic mass is 15.2. The quantitative estimate of drug-likeness (QED) is 0.400. The van der Waals surface area contributed by atoms with Gasteiger partial charge in [0.05, 0.1) is 5.41 Å². The summed E-state index contributed by atoms with van der Waals surface area (Å²) in [5.74, 6) is 0. The van der Waals surface area contributed by atoms with Crippen LogP contribution in [0.2, 0.25) is 0 Å². The molecule has 2 nitrogen and oxygen atoms in total. The Kier molecular flexibility index (Phi) is 4.93. The maximum Gasteiger partial charge on any atom is 0.209 e. The number of nitrogens with zero attached hydrogens (tertiary/aromatic N) is 2. The molecule has 0 saturated carbocycles.